The standard InChI is InChI=1S/C23H31N3O6/c1-22(2,3)31-20(28)25-17(19(27)30-15-16-10-8-7-9-11-16)14-18-24-12-13-26(18)21(29)32-23(4,5)6/h7-13,17H,14-15H2,1-6H3,(H,25,28). The van der Waals surface area contributed by atoms with Crippen molar-refractivity contribution >= 4 is 18.2 Å². The molecular weight excluding hydrogens is 414 g/mol. The van der Waals surface area contributed by atoms with E-state index in [4.69, 9.17) is 14.2 Å². The maximum atomic E-state index is 12.8. The maximum Gasteiger partial charge on any atom is 0.419 e. The molecule has 1 aromatic carbocycles. The van der Waals surface area contributed by atoms with E-state index >= 15 is 0 Å². The first-order valence-corrected chi connectivity index (χ1v) is 10.3. The van der Waals surface area contributed by atoms with Crippen molar-refractivity contribution in [3.8, 4) is 0 Å². The van der Waals surface area contributed by atoms with Crippen molar-refractivity contribution < 1.29 is 28.6 Å². The molecule has 1 heterocycles. The number of aromatic nitrogens is 2. The van der Waals surface area contributed by atoms with E-state index in [0.29, 0.717) is 0 Å². The second kappa shape index (κ2) is 10.3. The molecule has 1 aromatic heterocycles. The van der Waals surface area contributed by atoms with Gasteiger partial charge in [-0.1, -0.05) is 30.3 Å². The molecule has 0 saturated carbocycles. The lowest BCUT2D eigenvalue weighted by molar-refractivity contribution is -0.147. The van der Waals surface area contributed by atoms with Crippen molar-refractivity contribution in [2.24, 2.45) is 0 Å². The van der Waals surface area contributed by atoms with Crippen LogP contribution in [-0.4, -0.2) is 45.0 Å². The van der Waals surface area contributed by atoms with Gasteiger partial charge < -0.3 is 19.5 Å². The number of nitrogens with one attached hydrogen (secondary N) is 1. The average molecular weight is 446 g/mol. The van der Waals surface area contributed by atoms with Crippen LogP contribution in [0.3, 0.4) is 0 Å². The Labute approximate surface area is 188 Å². The summed E-state index contributed by atoms with van der Waals surface area (Å²) in [5, 5.41) is 2.52. The third-order valence-corrected chi connectivity index (χ3v) is 3.89. The molecule has 0 bridgehead atoms. The van der Waals surface area contributed by atoms with Crippen LogP contribution in [0.5, 0.6) is 0 Å². The Kier molecular flexibility index (Phi) is 8.02. The van der Waals surface area contributed by atoms with Crippen molar-refractivity contribution in [1.82, 2.24) is 14.9 Å². The zero-order valence-electron chi connectivity index (χ0n) is 19.4. The van der Waals surface area contributed by atoms with Crippen LogP contribution in [-0.2, 0) is 32.0 Å². The van der Waals surface area contributed by atoms with Crippen LogP contribution in [0, 0.1) is 0 Å². The monoisotopic (exact) mass is 445 g/mol. The van der Waals surface area contributed by atoms with Gasteiger partial charge in [-0.25, -0.2) is 23.9 Å². The topological polar surface area (TPSA) is 109 Å². The molecule has 32 heavy (non-hydrogen) atoms. The predicted octanol–water partition coefficient (Wildman–Crippen LogP) is 3.85. The fourth-order valence-electron chi connectivity index (χ4n) is 2.62. The van der Waals surface area contributed by atoms with E-state index in [1.165, 1.54) is 17.0 Å². The fraction of sp³-hybridized carbons (Fsp3) is 0.478. The van der Waals surface area contributed by atoms with Gasteiger partial charge in [-0.05, 0) is 47.1 Å². The van der Waals surface area contributed by atoms with Crippen LogP contribution in [0.4, 0.5) is 9.59 Å². The third-order valence-electron chi connectivity index (χ3n) is 3.89. The highest BCUT2D eigenvalue weighted by Crippen LogP contribution is 2.13. The summed E-state index contributed by atoms with van der Waals surface area (Å²) in [7, 11) is 0. The van der Waals surface area contributed by atoms with Crippen molar-refractivity contribution in [1.29, 1.82) is 0 Å². The van der Waals surface area contributed by atoms with Crippen molar-refractivity contribution in [2.45, 2.75) is 71.8 Å². The number of imidazole rings is 1. The number of carbonyl (C=O) groups excluding carboxylic acids is 3. The number of amides is 1. The van der Waals surface area contributed by atoms with Gasteiger partial charge in [-0.15, -0.1) is 0 Å². The first-order valence-electron chi connectivity index (χ1n) is 10.3. The molecular formula is C23H31N3O6. The Hall–Kier alpha value is -3.36. The summed E-state index contributed by atoms with van der Waals surface area (Å²) in [6, 6.07) is 8.03. The van der Waals surface area contributed by atoms with Gasteiger partial charge in [0.25, 0.3) is 0 Å². The summed E-state index contributed by atoms with van der Waals surface area (Å²) in [4.78, 5) is 41.8. The molecule has 174 valence electrons. The Balaban J connectivity index is 2.17. The molecule has 0 saturated heterocycles. The molecule has 0 aliphatic heterocycles. The van der Waals surface area contributed by atoms with Crippen molar-refractivity contribution in [2.75, 3.05) is 0 Å². The molecule has 0 spiro atoms. The summed E-state index contributed by atoms with van der Waals surface area (Å²) in [6.45, 7) is 10.4. The number of carbonyl (C=O) groups is 3. The van der Waals surface area contributed by atoms with E-state index in [2.05, 4.69) is 10.3 Å². The number of ether oxygens (including phenoxy) is 3. The normalized spacial score (nSPS) is 12.6. The lowest BCUT2D eigenvalue weighted by atomic mass is 10.2. The molecule has 9 heteroatoms. The summed E-state index contributed by atoms with van der Waals surface area (Å²) < 4.78 is 17.2. The lowest BCUT2D eigenvalue weighted by Crippen LogP contribution is -2.46. The SMILES string of the molecule is CC(C)(C)OC(=O)NC(Cc1nccn1C(=O)OC(C)(C)C)C(=O)OCc1ccccc1. The van der Waals surface area contributed by atoms with Gasteiger partial charge in [0, 0.05) is 18.8 Å². The number of hydrogen-bond donors (Lipinski definition) is 1. The maximum absolute atomic E-state index is 12.8. The van der Waals surface area contributed by atoms with Crippen LogP contribution in [0.2, 0.25) is 0 Å². The predicted molar refractivity (Wildman–Crippen MR) is 117 cm³/mol. The highest BCUT2D eigenvalue weighted by atomic mass is 16.6. The van der Waals surface area contributed by atoms with Crippen molar-refractivity contribution in [3.05, 3.63) is 54.1 Å². The fourth-order valence-corrected chi connectivity index (χ4v) is 2.62. The van der Waals surface area contributed by atoms with Gasteiger partial charge >= 0.3 is 18.2 Å². The number of esters is 1. The second-order valence-corrected chi connectivity index (χ2v) is 9.19. The first-order chi connectivity index (χ1) is 14.8. The summed E-state index contributed by atoms with van der Waals surface area (Å²) in [6.07, 6.45) is 1.33. The highest BCUT2D eigenvalue weighted by Gasteiger charge is 2.29. The minimum Gasteiger partial charge on any atom is -0.459 e. The molecule has 0 radical (unpaired) electrons. The molecule has 1 N–H and O–H groups in total. The van der Waals surface area contributed by atoms with Gasteiger partial charge in [-0.2, -0.15) is 0 Å². The summed E-state index contributed by atoms with van der Waals surface area (Å²) >= 11 is 0. The molecule has 9 nitrogen and oxygen atoms in total. The Morgan fingerprint density at radius 1 is 1.00 bits per heavy atom. The van der Waals surface area contributed by atoms with E-state index in [0.717, 1.165) is 5.56 Å². The molecule has 0 aliphatic rings. The molecule has 1 unspecified atom stereocenters. The molecule has 2 aromatic rings. The quantitative estimate of drug-likeness (QED) is 0.531. The zero-order valence-corrected chi connectivity index (χ0v) is 19.4. The third kappa shape index (κ3) is 8.41. The van der Waals surface area contributed by atoms with E-state index in [9.17, 15) is 14.4 Å². The first kappa shape index (κ1) is 24.9. The zero-order chi connectivity index (χ0) is 23.9. The molecule has 2 rings (SSSR count). The smallest absolute Gasteiger partial charge is 0.419 e. The van der Waals surface area contributed by atoms with Gasteiger partial charge in [0.05, 0.1) is 0 Å². The van der Waals surface area contributed by atoms with Gasteiger partial charge in [0.1, 0.15) is 29.7 Å². The van der Waals surface area contributed by atoms with Crippen LogP contribution in [0.1, 0.15) is 52.9 Å². The summed E-state index contributed by atoms with van der Waals surface area (Å²) in [5.74, 6) is -0.449. The van der Waals surface area contributed by atoms with Gasteiger partial charge in [-0.3, -0.25) is 0 Å². The van der Waals surface area contributed by atoms with E-state index in [-0.39, 0.29) is 18.9 Å². The Bertz CT molecular complexity index is 925. The van der Waals surface area contributed by atoms with E-state index in [1.54, 1.807) is 41.5 Å². The minimum atomic E-state index is -1.13. The molecule has 1 amide bonds. The largest absolute Gasteiger partial charge is 0.459 e. The van der Waals surface area contributed by atoms with Crippen LogP contribution in [0.15, 0.2) is 42.7 Å². The average Bonchev–Trinajstić information content (AvgIpc) is 3.12. The molecule has 0 aliphatic carbocycles. The molecule has 0 fully saturated rings. The van der Waals surface area contributed by atoms with Crippen LogP contribution < -0.4 is 5.32 Å². The minimum absolute atomic E-state index is 0.0344. The number of alkyl carbamates (subject to hydrolysis) is 1. The van der Waals surface area contributed by atoms with Gasteiger partial charge in [0.2, 0.25) is 0 Å². The van der Waals surface area contributed by atoms with Gasteiger partial charge in [0.15, 0.2) is 0 Å². The van der Waals surface area contributed by atoms with Crippen LogP contribution >= 0.6 is 0 Å². The Morgan fingerprint density at radius 2 is 1.62 bits per heavy atom. The number of nitrogens with zero attached hydrogens (tertiary/aromatic N) is 2. The van der Waals surface area contributed by atoms with E-state index < -0.39 is 35.4 Å². The lowest BCUT2D eigenvalue weighted by Gasteiger charge is -2.23. The highest BCUT2D eigenvalue weighted by molar-refractivity contribution is 5.82. The Morgan fingerprint density at radius 3 is 2.22 bits per heavy atom. The van der Waals surface area contributed by atoms with E-state index in [1.807, 2.05) is 30.3 Å². The van der Waals surface area contributed by atoms with Crippen LogP contribution in [0.25, 0.3) is 0 Å². The second-order valence-electron chi connectivity index (χ2n) is 9.19. The summed E-state index contributed by atoms with van der Waals surface area (Å²) in [5.41, 5.74) is -0.661. The number of rotatable bonds is 6. The van der Waals surface area contributed by atoms with Crippen molar-refractivity contribution in [3.63, 3.8) is 0 Å². The molecule has 1 atom stereocenters. The number of benzene rings is 1. The number of hydrogen-bond acceptors (Lipinski definition) is 7.